The van der Waals surface area contributed by atoms with E-state index in [2.05, 4.69) is 82.7 Å². The standard InChI is InChI=1S/C28H30N4O2/c1-19-14-23(29-16-19)18-32(13-12-22-17-30-26-5-3-2-4-24(22)26)27-10-8-21-15-20(6-9-25(21)27)7-11-28(33)31-34/h2-7,9,11,14-17,27,29-30,34H,8,10,12-13,18H2,1H3,(H,31,33)/b11-7+. The Hall–Kier alpha value is -3.61. The van der Waals surface area contributed by atoms with Gasteiger partial charge in [-0.3, -0.25) is 14.9 Å². The van der Waals surface area contributed by atoms with E-state index >= 15 is 0 Å². The number of nitrogens with one attached hydrogen (secondary N) is 3. The van der Waals surface area contributed by atoms with Crippen LogP contribution in [0.4, 0.5) is 0 Å². The second-order valence-corrected chi connectivity index (χ2v) is 9.10. The van der Waals surface area contributed by atoms with Crippen molar-refractivity contribution in [2.24, 2.45) is 0 Å². The van der Waals surface area contributed by atoms with Gasteiger partial charge in [0.15, 0.2) is 0 Å². The highest BCUT2D eigenvalue weighted by Gasteiger charge is 2.28. The van der Waals surface area contributed by atoms with Crippen LogP contribution in [0, 0.1) is 6.92 Å². The maximum absolute atomic E-state index is 11.3. The molecule has 174 valence electrons. The van der Waals surface area contributed by atoms with E-state index in [0.717, 1.165) is 37.9 Å². The second kappa shape index (κ2) is 9.71. The summed E-state index contributed by atoms with van der Waals surface area (Å²) in [4.78, 5) is 20.8. The topological polar surface area (TPSA) is 84.2 Å². The number of para-hydroxylation sites is 1. The zero-order valence-corrected chi connectivity index (χ0v) is 19.3. The Kier molecular flexibility index (Phi) is 6.34. The molecule has 0 fully saturated rings. The first kappa shape index (κ1) is 22.2. The van der Waals surface area contributed by atoms with Crippen LogP contribution in [0.1, 0.15) is 46.0 Å². The summed E-state index contributed by atoms with van der Waals surface area (Å²) in [5.74, 6) is -0.525. The number of rotatable bonds is 8. The Labute approximate surface area is 199 Å². The molecule has 6 heteroatoms. The number of amides is 1. The first-order valence-electron chi connectivity index (χ1n) is 11.8. The van der Waals surface area contributed by atoms with Crippen LogP contribution in [-0.2, 0) is 24.2 Å². The number of hydroxylamine groups is 1. The van der Waals surface area contributed by atoms with Gasteiger partial charge in [-0.1, -0.05) is 36.4 Å². The molecule has 0 radical (unpaired) electrons. The van der Waals surface area contributed by atoms with Gasteiger partial charge >= 0.3 is 0 Å². The van der Waals surface area contributed by atoms with E-state index in [1.807, 2.05) is 0 Å². The number of carbonyl (C=O) groups excluding carboxylic acids is 1. The van der Waals surface area contributed by atoms with E-state index in [1.54, 1.807) is 11.6 Å². The van der Waals surface area contributed by atoms with Gasteiger partial charge in [-0.15, -0.1) is 0 Å². The highest BCUT2D eigenvalue weighted by atomic mass is 16.5. The van der Waals surface area contributed by atoms with Crippen molar-refractivity contribution in [2.45, 2.75) is 38.8 Å². The molecule has 0 spiro atoms. The quantitative estimate of drug-likeness (QED) is 0.171. The van der Waals surface area contributed by atoms with Crippen molar-refractivity contribution in [2.75, 3.05) is 6.54 Å². The van der Waals surface area contributed by atoms with Gasteiger partial charge in [0.25, 0.3) is 5.91 Å². The summed E-state index contributed by atoms with van der Waals surface area (Å²) < 4.78 is 0. The fourth-order valence-corrected chi connectivity index (χ4v) is 5.13. The lowest BCUT2D eigenvalue weighted by atomic mass is 10.0. The average molecular weight is 455 g/mol. The van der Waals surface area contributed by atoms with Crippen LogP contribution in [0.15, 0.2) is 67.0 Å². The maximum atomic E-state index is 11.3. The maximum Gasteiger partial charge on any atom is 0.267 e. The summed E-state index contributed by atoms with van der Waals surface area (Å²) in [7, 11) is 0. The zero-order valence-electron chi connectivity index (χ0n) is 19.3. The van der Waals surface area contributed by atoms with Gasteiger partial charge in [-0.25, -0.2) is 5.48 Å². The van der Waals surface area contributed by atoms with Gasteiger partial charge in [-0.2, -0.15) is 0 Å². The lowest BCUT2D eigenvalue weighted by Gasteiger charge is -2.29. The first-order valence-corrected chi connectivity index (χ1v) is 11.8. The number of hydrogen-bond donors (Lipinski definition) is 4. The molecule has 1 amide bonds. The van der Waals surface area contributed by atoms with Crippen molar-refractivity contribution in [3.63, 3.8) is 0 Å². The number of nitrogens with zero attached hydrogens (tertiary/aromatic N) is 1. The van der Waals surface area contributed by atoms with Crippen molar-refractivity contribution in [1.29, 1.82) is 0 Å². The molecule has 0 bridgehead atoms. The molecule has 2 aromatic carbocycles. The number of benzene rings is 2. The largest absolute Gasteiger partial charge is 0.364 e. The van der Waals surface area contributed by atoms with Crippen molar-refractivity contribution < 1.29 is 10.0 Å². The number of carbonyl (C=O) groups is 1. The summed E-state index contributed by atoms with van der Waals surface area (Å²) in [6, 6.07) is 17.5. The van der Waals surface area contributed by atoms with Crippen LogP contribution in [-0.4, -0.2) is 32.5 Å². The molecule has 2 aromatic heterocycles. The smallest absolute Gasteiger partial charge is 0.267 e. The summed E-state index contributed by atoms with van der Waals surface area (Å²) in [6.45, 7) is 3.95. The minimum atomic E-state index is -0.525. The normalized spacial score (nSPS) is 15.4. The van der Waals surface area contributed by atoms with Gasteiger partial charge in [0, 0.05) is 54.2 Å². The first-order chi connectivity index (χ1) is 16.6. The van der Waals surface area contributed by atoms with Gasteiger partial charge < -0.3 is 9.97 Å². The third-order valence-electron chi connectivity index (χ3n) is 6.80. The Bertz CT molecular complexity index is 1330. The molecule has 4 aromatic rings. The number of aromatic amines is 2. The molecule has 1 atom stereocenters. The molecule has 34 heavy (non-hydrogen) atoms. The molecule has 0 saturated carbocycles. The number of H-pyrrole nitrogens is 2. The predicted molar refractivity (Wildman–Crippen MR) is 134 cm³/mol. The summed E-state index contributed by atoms with van der Waals surface area (Å²) in [5, 5.41) is 10.0. The highest BCUT2D eigenvalue weighted by Crippen LogP contribution is 2.37. The molecule has 0 aliphatic heterocycles. The van der Waals surface area contributed by atoms with Crippen molar-refractivity contribution in [1.82, 2.24) is 20.3 Å². The molecule has 0 saturated heterocycles. The number of fused-ring (bicyclic) bond motifs is 2. The average Bonchev–Trinajstić information content (AvgIpc) is 3.58. The lowest BCUT2D eigenvalue weighted by molar-refractivity contribution is -0.124. The number of aryl methyl sites for hydroxylation is 2. The number of hydrogen-bond acceptors (Lipinski definition) is 3. The molecule has 1 unspecified atom stereocenters. The summed E-state index contributed by atoms with van der Waals surface area (Å²) >= 11 is 0. The fraction of sp³-hybridized carbons (Fsp3) is 0.250. The molecule has 1 aliphatic carbocycles. The van der Waals surface area contributed by atoms with E-state index in [0.29, 0.717) is 6.04 Å². The summed E-state index contributed by atoms with van der Waals surface area (Å²) in [6.07, 6.45) is 10.4. The Morgan fingerprint density at radius 2 is 2.06 bits per heavy atom. The van der Waals surface area contributed by atoms with Gasteiger partial charge in [0.1, 0.15) is 0 Å². The van der Waals surface area contributed by atoms with Crippen LogP contribution in [0.5, 0.6) is 0 Å². The lowest BCUT2D eigenvalue weighted by Crippen LogP contribution is -2.29. The van der Waals surface area contributed by atoms with E-state index < -0.39 is 5.91 Å². The van der Waals surface area contributed by atoms with Gasteiger partial charge in [0.2, 0.25) is 0 Å². The van der Waals surface area contributed by atoms with E-state index in [1.165, 1.54) is 44.9 Å². The van der Waals surface area contributed by atoms with Crippen LogP contribution in [0.2, 0.25) is 0 Å². The molecule has 5 rings (SSSR count). The Morgan fingerprint density at radius 1 is 1.18 bits per heavy atom. The molecule has 6 nitrogen and oxygen atoms in total. The second-order valence-electron chi connectivity index (χ2n) is 9.10. The minimum Gasteiger partial charge on any atom is -0.364 e. The van der Waals surface area contributed by atoms with Crippen molar-refractivity contribution >= 4 is 22.9 Å². The Balaban J connectivity index is 1.38. The van der Waals surface area contributed by atoms with Gasteiger partial charge in [0.05, 0.1) is 0 Å². The minimum absolute atomic E-state index is 0.350. The van der Waals surface area contributed by atoms with E-state index in [4.69, 9.17) is 5.21 Å². The monoisotopic (exact) mass is 454 g/mol. The van der Waals surface area contributed by atoms with Crippen LogP contribution in [0.25, 0.3) is 17.0 Å². The van der Waals surface area contributed by atoms with Crippen LogP contribution < -0.4 is 5.48 Å². The third-order valence-corrected chi connectivity index (χ3v) is 6.80. The predicted octanol–water partition coefficient (Wildman–Crippen LogP) is 5.06. The molecular weight excluding hydrogens is 424 g/mol. The zero-order chi connectivity index (χ0) is 23.5. The van der Waals surface area contributed by atoms with E-state index in [-0.39, 0.29) is 0 Å². The van der Waals surface area contributed by atoms with Crippen molar-refractivity contribution in [3.05, 3.63) is 101 Å². The molecule has 2 heterocycles. The highest BCUT2D eigenvalue weighted by molar-refractivity contribution is 5.90. The SMILES string of the molecule is Cc1c[nH]c(CN(CCc2c[nH]c3ccccc23)C2CCc3cc(/C=C/C(=O)NO)ccc32)c1. The molecular formula is C28H30N4O2. The van der Waals surface area contributed by atoms with E-state index in [9.17, 15) is 4.79 Å². The van der Waals surface area contributed by atoms with Gasteiger partial charge in [-0.05, 0) is 72.2 Å². The number of aromatic nitrogens is 2. The molecule has 1 aliphatic rings. The van der Waals surface area contributed by atoms with Crippen LogP contribution >= 0.6 is 0 Å². The van der Waals surface area contributed by atoms with Crippen molar-refractivity contribution in [3.8, 4) is 0 Å². The fourth-order valence-electron chi connectivity index (χ4n) is 5.13. The third kappa shape index (κ3) is 4.69. The van der Waals surface area contributed by atoms with Crippen LogP contribution in [0.3, 0.4) is 0 Å². The summed E-state index contributed by atoms with van der Waals surface area (Å²) in [5.41, 5.74) is 10.3. The molecule has 4 N–H and O–H groups in total. The Morgan fingerprint density at radius 3 is 2.88 bits per heavy atom.